The van der Waals surface area contributed by atoms with Gasteiger partial charge in [0.1, 0.15) is 0 Å². The van der Waals surface area contributed by atoms with Gasteiger partial charge in [-0.2, -0.15) is 0 Å². The summed E-state index contributed by atoms with van der Waals surface area (Å²) in [6, 6.07) is 7.30. The molecule has 1 aliphatic carbocycles. The Morgan fingerprint density at radius 1 is 1.35 bits per heavy atom. The number of aryl methyl sites for hydroxylation is 1. The first-order valence-corrected chi connectivity index (χ1v) is 8.79. The molecule has 0 bridgehead atoms. The molecule has 0 unspecified atom stereocenters. The second-order valence-electron chi connectivity index (χ2n) is 6.69. The number of H-pyrrole nitrogens is 1. The minimum Gasteiger partial charge on any atom is -0.478 e. The summed E-state index contributed by atoms with van der Waals surface area (Å²) < 4.78 is 1.88. The molecule has 0 radical (unpaired) electrons. The predicted octanol–water partition coefficient (Wildman–Crippen LogP) is 3.64. The molecule has 1 aromatic carbocycles. The highest BCUT2D eigenvalue weighted by atomic mass is 32.1. The van der Waals surface area contributed by atoms with Gasteiger partial charge in [-0.15, -0.1) is 0 Å². The average molecular weight is 367 g/mol. The molecule has 26 heavy (non-hydrogen) atoms. The van der Waals surface area contributed by atoms with Crippen molar-refractivity contribution in [1.82, 2.24) is 14.5 Å². The molecule has 7 heteroatoms. The first kappa shape index (κ1) is 16.7. The maximum atomic E-state index is 12.5. The number of pyridine rings is 1. The number of aromatic carboxylic acids is 1. The van der Waals surface area contributed by atoms with Crippen molar-refractivity contribution in [3.8, 4) is 5.69 Å². The Bertz CT molecular complexity index is 1190. The van der Waals surface area contributed by atoms with Gasteiger partial charge < -0.3 is 5.11 Å². The van der Waals surface area contributed by atoms with Crippen LogP contribution >= 0.6 is 12.2 Å². The van der Waals surface area contributed by atoms with Gasteiger partial charge in [-0.05, 0) is 62.2 Å². The third-order valence-corrected chi connectivity index (χ3v) is 5.21. The van der Waals surface area contributed by atoms with Crippen molar-refractivity contribution in [3.05, 3.63) is 61.8 Å². The largest absolute Gasteiger partial charge is 0.478 e. The van der Waals surface area contributed by atoms with Crippen LogP contribution < -0.4 is 5.56 Å². The SMILES string of the molecule is Cc1cccc(-n2c(=S)[nH]c(=O)c3c(C(=O)O)cc(C4CC4)nc32)c1C. The third kappa shape index (κ3) is 2.55. The van der Waals surface area contributed by atoms with Gasteiger partial charge in [-0.1, -0.05) is 12.1 Å². The fraction of sp³-hybridized carbons (Fsp3) is 0.263. The highest BCUT2D eigenvalue weighted by Crippen LogP contribution is 2.40. The van der Waals surface area contributed by atoms with E-state index in [0.717, 1.165) is 29.7 Å². The van der Waals surface area contributed by atoms with Crippen LogP contribution in [0.3, 0.4) is 0 Å². The number of aromatic amines is 1. The number of hydrogen-bond acceptors (Lipinski definition) is 4. The maximum absolute atomic E-state index is 12.5. The van der Waals surface area contributed by atoms with Crippen LogP contribution in [-0.4, -0.2) is 25.6 Å². The molecular weight excluding hydrogens is 350 g/mol. The van der Waals surface area contributed by atoms with Crippen LogP contribution in [-0.2, 0) is 0 Å². The monoisotopic (exact) mass is 367 g/mol. The lowest BCUT2D eigenvalue weighted by Gasteiger charge is -2.16. The number of rotatable bonds is 3. The number of nitrogens with one attached hydrogen (secondary N) is 1. The van der Waals surface area contributed by atoms with Crippen molar-refractivity contribution in [2.24, 2.45) is 0 Å². The smallest absolute Gasteiger partial charge is 0.336 e. The van der Waals surface area contributed by atoms with E-state index in [1.807, 2.05) is 32.0 Å². The van der Waals surface area contributed by atoms with E-state index in [2.05, 4.69) is 9.97 Å². The number of aromatic nitrogens is 3. The Balaban J connectivity index is 2.20. The highest BCUT2D eigenvalue weighted by molar-refractivity contribution is 7.71. The van der Waals surface area contributed by atoms with Crippen LogP contribution in [0.5, 0.6) is 0 Å². The Morgan fingerprint density at radius 2 is 2.08 bits per heavy atom. The van der Waals surface area contributed by atoms with Crippen LogP contribution in [0, 0.1) is 18.6 Å². The molecule has 3 aromatic rings. The molecule has 0 saturated heterocycles. The second-order valence-corrected chi connectivity index (χ2v) is 7.07. The number of fused-ring (bicyclic) bond motifs is 1. The van der Waals surface area contributed by atoms with Crippen LogP contribution in [0.2, 0.25) is 0 Å². The van der Waals surface area contributed by atoms with Crippen molar-refractivity contribution in [3.63, 3.8) is 0 Å². The Kier molecular flexibility index (Phi) is 3.77. The number of hydrogen-bond donors (Lipinski definition) is 2. The van der Waals surface area contributed by atoms with E-state index < -0.39 is 11.5 Å². The lowest BCUT2D eigenvalue weighted by molar-refractivity contribution is 0.0698. The zero-order valence-electron chi connectivity index (χ0n) is 14.4. The summed E-state index contributed by atoms with van der Waals surface area (Å²) in [5.74, 6) is -0.896. The molecule has 0 aliphatic heterocycles. The zero-order chi connectivity index (χ0) is 18.6. The van der Waals surface area contributed by atoms with Gasteiger partial charge in [0.15, 0.2) is 10.4 Å². The van der Waals surface area contributed by atoms with E-state index in [-0.39, 0.29) is 21.6 Å². The highest BCUT2D eigenvalue weighted by Gasteiger charge is 2.28. The minimum absolute atomic E-state index is 0.0350. The van der Waals surface area contributed by atoms with E-state index in [0.29, 0.717) is 11.3 Å². The molecule has 132 valence electrons. The summed E-state index contributed by atoms with van der Waals surface area (Å²) in [7, 11) is 0. The van der Waals surface area contributed by atoms with Gasteiger partial charge in [0.2, 0.25) is 0 Å². The fourth-order valence-corrected chi connectivity index (χ4v) is 3.48. The van der Waals surface area contributed by atoms with E-state index in [9.17, 15) is 14.7 Å². The molecule has 6 nitrogen and oxygen atoms in total. The van der Waals surface area contributed by atoms with Gasteiger partial charge in [-0.3, -0.25) is 14.3 Å². The lowest BCUT2D eigenvalue weighted by Crippen LogP contribution is -2.19. The summed E-state index contributed by atoms with van der Waals surface area (Å²) >= 11 is 5.41. The second kappa shape index (κ2) is 5.88. The molecule has 4 rings (SSSR count). The molecule has 1 saturated carbocycles. The number of nitrogens with zero attached hydrogens (tertiary/aromatic N) is 2. The van der Waals surface area contributed by atoms with Gasteiger partial charge in [0.25, 0.3) is 5.56 Å². The molecular formula is C19H17N3O3S. The zero-order valence-corrected chi connectivity index (χ0v) is 15.2. The van der Waals surface area contributed by atoms with E-state index >= 15 is 0 Å². The van der Waals surface area contributed by atoms with Crippen LogP contribution in [0.15, 0.2) is 29.1 Å². The number of benzene rings is 1. The summed E-state index contributed by atoms with van der Waals surface area (Å²) in [5, 5.41) is 9.70. The number of carboxylic acids is 1. The summed E-state index contributed by atoms with van der Waals surface area (Å²) in [5.41, 5.74) is 3.29. The molecule has 1 aliphatic rings. The van der Waals surface area contributed by atoms with Crippen LogP contribution in [0.1, 0.15) is 45.9 Å². The summed E-state index contributed by atoms with van der Waals surface area (Å²) in [4.78, 5) is 31.6. The third-order valence-electron chi connectivity index (χ3n) is 4.93. The average Bonchev–Trinajstić information content (AvgIpc) is 3.42. The van der Waals surface area contributed by atoms with Crippen molar-refractivity contribution in [2.45, 2.75) is 32.6 Å². The normalized spacial score (nSPS) is 13.9. The van der Waals surface area contributed by atoms with Gasteiger partial charge in [-0.25, -0.2) is 9.78 Å². The molecule has 2 aromatic heterocycles. The molecule has 0 amide bonds. The van der Waals surface area contributed by atoms with Crippen LogP contribution in [0.25, 0.3) is 16.7 Å². The maximum Gasteiger partial charge on any atom is 0.336 e. The minimum atomic E-state index is -1.14. The van der Waals surface area contributed by atoms with Crippen molar-refractivity contribution in [2.75, 3.05) is 0 Å². The van der Waals surface area contributed by atoms with Crippen molar-refractivity contribution in [1.29, 1.82) is 0 Å². The predicted molar refractivity (Wildman–Crippen MR) is 101 cm³/mol. The first-order valence-electron chi connectivity index (χ1n) is 8.38. The lowest BCUT2D eigenvalue weighted by atomic mass is 10.1. The number of carboxylic acid groups (broad SMARTS) is 1. The van der Waals surface area contributed by atoms with E-state index in [1.165, 1.54) is 6.07 Å². The summed E-state index contributed by atoms with van der Waals surface area (Å²) in [6.07, 6.45) is 1.95. The van der Waals surface area contributed by atoms with E-state index in [4.69, 9.17) is 12.2 Å². The Morgan fingerprint density at radius 3 is 2.73 bits per heavy atom. The quantitative estimate of drug-likeness (QED) is 0.690. The molecule has 2 N–H and O–H groups in total. The van der Waals surface area contributed by atoms with Crippen molar-refractivity contribution >= 4 is 29.2 Å². The number of carbonyl (C=O) groups is 1. The Hall–Kier alpha value is -2.80. The van der Waals surface area contributed by atoms with Gasteiger partial charge >= 0.3 is 5.97 Å². The Labute approximate surface area is 154 Å². The molecule has 2 heterocycles. The molecule has 0 atom stereocenters. The molecule has 0 spiro atoms. The summed E-state index contributed by atoms with van der Waals surface area (Å²) in [6.45, 7) is 3.95. The fourth-order valence-electron chi connectivity index (χ4n) is 3.21. The van der Waals surface area contributed by atoms with Crippen molar-refractivity contribution < 1.29 is 9.90 Å². The van der Waals surface area contributed by atoms with E-state index in [1.54, 1.807) is 4.57 Å². The first-order chi connectivity index (χ1) is 12.4. The standard InChI is InChI=1S/C19H17N3O3S/c1-9-4-3-5-14(10(9)2)22-16-15(17(23)21-19(22)26)12(18(24)25)8-13(20-16)11-6-7-11/h3-5,8,11H,6-7H2,1-2H3,(H,24,25)(H,21,23,26). The van der Waals surface area contributed by atoms with Crippen LogP contribution in [0.4, 0.5) is 0 Å². The van der Waals surface area contributed by atoms with Gasteiger partial charge in [0.05, 0.1) is 16.6 Å². The molecule has 1 fully saturated rings. The van der Waals surface area contributed by atoms with Gasteiger partial charge in [0, 0.05) is 11.6 Å². The topological polar surface area (TPSA) is 88.0 Å².